The summed E-state index contributed by atoms with van der Waals surface area (Å²) in [5, 5.41) is 10.1. The Hall–Kier alpha value is -6.19. The van der Waals surface area contributed by atoms with Gasteiger partial charge in [0, 0.05) is 27.7 Å². The molecule has 214 valence electrons. The molecular weight excluding hydrogens is 558 g/mol. The van der Waals surface area contributed by atoms with E-state index in [9.17, 15) is 0 Å². The highest BCUT2D eigenvalue weighted by atomic mass is 15.1. The fraction of sp³-hybridized carbons (Fsp3) is 0. The normalized spacial score (nSPS) is 11.9. The van der Waals surface area contributed by atoms with Gasteiger partial charge in [-0.3, -0.25) is 4.57 Å². The first-order valence-electron chi connectivity index (χ1n) is 15.7. The third-order valence-electron chi connectivity index (χ3n) is 9.48. The lowest BCUT2D eigenvalue weighted by Crippen LogP contribution is -1.98. The first kappa shape index (κ1) is 25.2. The fourth-order valence-corrected chi connectivity index (χ4v) is 7.47. The van der Waals surface area contributed by atoms with E-state index in [4.69, 9.17) is 4.98 Å². The van der Waals surface area contributed by atoms with Crippen molar-refractivity contribution in [3.05, 3.63) is 164 Å². The second-order valence-electron chi connectivity index (χ2n) is 12.0. The summed E-state index contributed by atoms with van der Waals surface area (Å²) in [4.78, 5) is 5.10. The number of rotatable bonds is 3. The van der Waals surface area contributed by atoms with Crippen LogP contribution in [0.2, 0.25) is 0 Å². The van der Waals surface area contributed by atoms with Crippen LogP contribution in [0.5, 0.6) is 0 Å². The highest BCUT2D eigenvalue weighted by Gasteiger charge is 2.18. The third kappa shape index (κ3) is 3.57. The first-order chi connectivity index (χ1) is 22.8. The summed E-state index contributed by atoms with van der Waals surface area (Å²) in [6, 6.07) is 59.0. The molecule has 0 aliphatic carbocycles. The lowest BCUT2D eigenvalue weighted by atomic mass is 9.93. The Morgan fingerprint density at radius 3 is 1.70 bits per heavy atom. The van der Waals surface area contributed by atoms with Crippen LogP contribution in [0.4, 0.5) is 0 Å². The summed E-state index contributed by atoms with van der Waals surface area (Å²) < 4.78 is 4.71. The number of aromatic nitrogens is 3. The molecule has 0 atom stereocenters. The van der Waals surface area contributed by atoms with Crippen molar-refractivity contribution in [1.82, 2.24) is 14.1 Å². The van der Waals surface area contributed by atoms with Gasteiger partial charge in [-0.05, 0) is 86.9 Å². The molecule has 0 radical (unpaired) electrons. The average Bonchev–Trinajstić information content (AvgIpc) is 3.68. The van der Waals surface area contributed by atoms with Gasteiger partial charge in [0.1, 0.15) is 5.82 Å². The highest BCUT2D eigenvalue weighted by Crippen LogP contribution is 2.42. The van der Waals surface area contributed by atoms with Crippen LogP contribution in [-0.2, 0) is 0 Å². The second-order valence-corrected chi connectivity index (χ2v) is 12.0. The topological polar surface area (TPSA) is 22.8 Å². The zero-order chi connectivity index (χ0) is 30.2. The predicted octanol–water partition coefficient (Wildman–Crippen LogP) is 11.2. The van der Waals surface area contributed by atoms with Crippen LogP contribution in [0.15, 0.2) is 164 Å². The number of hydrogen-bond acceptors (Lipinski definition) is 1. The number of imidazole rings is 1. The van der Waals surface area contributed by atoms with Crippen molar-refractivity contribution < 1.29 is 0 Å². The van der Waals surface area contributed by atoms with Gasteiger partial charge in [-0.25, -0.2) is 4.98 Å². The van der Waals surface area contributed by atoms with Gasteiger partial charge in [-0.2, -0.15) is 0 Å². The average molecular weight is 586 g/mol. The van der Waals surface area contributed by atoms with E-state index in [-0.39, 0.29) is 0 Å². The van der Waals surface area contributed by atoms with Crippen LogP contribution < -0.4 is 0 Å². The Labute approximate surface area is 265 Å². The smallest absolute Gasteiger partial charge is 0.145 e. The molecule has 10 aromatic rings. The maximum absolute atomic E-state index is 5.10. The molecular formula is C43H27N3. The number of fused-ring (bicyclic) bond motifs is 10. The molecule has 0 saturated heterocycles. The predicted molar refractivity (Wildman–Crippen MR) is 193 cm³/mol. The molecule has 46 heavy (non-hydrogen) atoms. The summed E-state index contributed by atoms with van der Waals surface area (Å²) >= 11 is 0. The third-order valence-corrected chi connectivity index (χ3v) is 9.48. The molecule has 3 heteroatoms. The van der Waals surface area contributed by atoms with E-state index in [0.29, 0.717) is 0 Å². The molecule has 0 N–H and O–H groups in total. The van der Waals surface area contributed by atoms with Crippen molar-refractivity contribution in [2.75, 3.05) is 0 Å². The molecule has 3 nitrogen and oxygen atoms in total. The Bertz CT molecular complexity index is 2790. The van der Waals surface area contributed by atoms with E-state index in [1.165, 1.54) is 59.8 Å². The van der Waals surface area contributed by atoms with Crippen molar-refractivity contribution in [3.63, 3.8) is 0 Å². The quantitative estimate of drug-likeness (QED) is 0.189. The Kier molecular flexibility index (Phi) is 5.28. The zero-order valence-corrected chi connectivity index (χ0v) is 24.9. The van der Waals surface area contributed by atoms with Crippen LogP contribution in [0, 0.1) is 0 Å². The molecule has 0 fully saturated rings. The lowest BCUT2D eigenvalue weighted by Gasteiger charge is -2.15. The molecule has 10 rings (SSSR count). The number of hydrogen-bond donors (Lipinski definition) is 0. The van der Waals surface area contributed by atoms with E-state index < -0.39 is 0 Å². The molecule has 0 aliphatic rings. The molecule has 2 aromatic heterocycles. The number of benzene rings is 8. The molecule has 8 aromatic carbocycles. The van der Waals surface area contributed by atoms with Crippen molar-refractivity contribution in [3.8, 4) is 22.8 Å². The van der Waals surface area contributed by atoms with Crippen LogP contribution in [0.3, 0.4) is 0 Å². The van der Waals surface area contributed by atoms with Gasteiger partial charge in [0.15, 0.2) is 0 Å². The molecule has 0 bridgehead atoms. The first-order valence-corrected chi connectivity index (χ1v) is 15.7. The van der Waals surface area contributed by atoms with Gasteiger partial charge in [-0.15, -0.1) is 0 Å². The summed E-state index contributed by atoms with van der Waals surface area (Å²) in [6.07, 6.45) is 0. The molecule has 0 spiro atoms. The fourth-order valence-electron chi connectivity index (χ4n) is 7.47. The van der Waals surface area contributed by atoms with Crippen molar-refractivity contribution in [1.29, 1.82) is 0 Å². The molecule has 0 saturated carbocycles. The molecule has 0 aliphatic heterocycles. The van der Waals surface area contributed by atoms with Crippen LogP contribution >= 0.6 is 0 Å². The maximum Gasteiger partial charge on any atom is 0.145 e. The van der Waals surface area contributed by atoms with Crippen molar-refractivity contribution >= 4 is 65.2 Å². The Morgan fingerprint density at radius 2 is 0.913 bits per heavy atom. The van der Waals surface area contributed by atoms with E-state index >= 15 is 0 Å². The monoisotopic (exact) mass is 585 g/mol. The van der Waals surface area contributed by atoms with Gasteiger partial charge in [-0.1, -0.05) is 109 Å². The van der Waals surface area contributed by atoms with Gasteiger partial charge < -0.3 is 4.57 Å². The standard InChI is InChI=1S/C43H27N3/c1-3-13-28(14-4-1)43-44-39-20-10-12-22-41(39)46(43)30-23-24-33-35(25-30)31-17-7-8-18-32(31)37-27-42-38(26-36(33)37)34-19-9-11-21-40(34)45(42)29-15-5-2-6-16-29/h1-27H. The minimum atomic E-state index is 0.946. The lowest BCUT2D eigenvalue weighted by molar-refractivity contribution is 1.11. The largest absolute Gasteiger partial charge is 0.309 e. The Balaban J connectivity index is 1.32. The van der Waals surface area contributed by atoms with Crippen molar-refractivity contribution in [2.24, 2.45) is 0 Å². The van der Waals surface area contributed by atoms with Crippen LogP contribution in [0.25, 0.3) is 87.9 Å². The highest BCUT2D eigenvalue weighted by molar-refractivity contribution is 6.29. The summed E-state index contributed by atoms with van der Waals surface area (Å²) in [7, 11) is 0. The summed E-state index contributed by atoms with van der Waals surface area (Å²) in [5.41, 5.74) is 7.90. The van der Waals surface area contributed by atoms with E-state index in [0.717, 1.165) is 28.1 Å². The Morgan fingerprint density at radius 1 is 0.326 bits per heavy atom. The minimum absolute atomic E-state index is 0.946. The molecule has 0 unspecified atom stereocenters. The van der Waals surface area contributed by atoms with Crippen molar-refractivity contribution in [2.45, 2.75) is 0 Å². The van der Waals surface area contributed by atoms with E-state index in [1.54, 1.807) is 0 Å². The van der Waals surface area contributed by atoms with Gasteiger partial charge in [0.05, 0.1) is 22.1 Å². The molecule has 2 heterocycles. The van der Waals surface area contributed by atoms with Gasteiger partial charge in [0.2, 0.25) is 0 Å². The summed E-state index contributed by atoms with van der Waals surface area (Å²) in [5.74, 6) is 0.946. The van der Waals surface area contributed by atoms with Gasteiger partial charge in [0.25, 0.3) is 0 Å². The number of para-hydroxylation sites is 4. The van der Waals surface area contributed by atoms with E-state index in [1.807, 2.05) is 0 Å². The van der Waals surface area contributed by atoms with Crippen LogP contribution in [0.1, 0.15) is 0 Å². The molecule has 0 amide bonds. The summed E-state index contributed by atoms with van der Waals surface area (Å²) in [6.45, 7) is 0. The SMILES string of the molecule is c1ccc(-c2nc3ccccc3n2-c2ccc3c(c2)c2ccccc2c2cc4c(cc32)c2ccccc2n4-c2ccccc2)cc1. The maximum atomic E-state index is 5.10. The van der Waals surface area contributed by atoms with Gasteiger partial charge >= 0.3 is 0 Å². The van der Waals surface area contributed by atoms with E-state index in [2.05, 4.69) is 173 Å². The number of nitrogens with zero attached hydrogens (tertiary/aromatic N) is 3. The zero-order valence-electron chi connectivity index (χ0n) is 24.9. The second kappa shape index (κ2) is 9.65. The van der Waals surface area contributed by atoms with Crippen LogP contribution in [-0.4, -0.2) is 14.1 Å². The minimum Gasteiger partial charge on any atom is -0.309 e.